The third kappa shape index (κ3) is 4.84. The molecule has 2 N–H and O–H groups in total. The number of benzene rings is 1. The van der Waals surface area contributed by atoms with Crippen LogP contribution in [0.3, 0.4) is 0 Å². The van der Waals surface area contributed by atoms with E-state index >= 15 is 0 Å². The molecule has 0 radical (unpaired) electrons. The van der Waals surface area contributed by atoms with Gasteiger partial charge in [0, 0.05) is 6.26 Å². The van der Waals surface area contributed by atoms with Gasteiger partial charge < -0.3 is 15.4 Å². The first-order valence-corrected chi connectivity index (χ1v) is 9.62. The van der Waals surface area contributed by atoms with Crippen LogP contribution in [0.2, 0.25) is 0 Å². The van der Waals surface area contributed by atoms with E-state index in [1.165, 1.54) is 0 Å². The molecule has 0 aliphatic carbocycles. The van der Waals surface area contributed by atoms with Crippen molar-refractivity contribution in [3.8, 4) is 5.75 Å². The molecule has 24 heavy (non-hydrogen) atoms. The van der Waals surface area contributed by atoms with Gasteiger partial charge in [-0.25, -0.2) is 8.42 Å². The first kappa shape index (κ1) is 20.7. The van der Waals surface area contributed by atoms with Gasteiger partial charge in [0.1, 0.15) is 12.4 Å². The number of rotatable bonds is 6. The number of carbonyl (C=O) groups excluding carboxylic acids is 1. The van der Waals surface area contributed by atoms with Crippen LogP contribution in [0, 0.1) is 6.92 Å². The van der Waals surface area contributed by atoms with Crippen molar-refractivity contribution in [2.75, 3.05) is 32.5 Å². The van der Waals surface area contributed by atoms with Crippen molar-refractivity contribution in [3.63, 3.8) is 0 Å². The molecule has 0 saturated carbocycles. The van der Waals surface area contributed by atoms with E-state index in [-0.39, 0.29) is 19.0 Å². The van der Waals surface area contributed by atoms with Crippen LogP contribution < -0.4 is 15.4 Å². The minimum absolute atomic E-state index is 0. The monoisotopic (exact) mass is 376 g/mol. The fourth-order valence-corrected chi connectivity index (χ4v) is 4.15. The normalized spacial score (nSPS) is 16.8. The molecule has 8 heteroatoms. The highest BCUT2D eigenvalue weighted by molar-refractivity contribution is 7.92. The number of hydrogen-bond acceptors (Lipinski definition) is 5. The van der Waals surface area contributed by atoms with Gasteiger partial charge in [-0.15, -0.1) is 12.4 Å². The zero-order valence-corrected chi connectivity index (χ0v) is 15.6. The van der Waals surface area contributed by atoms with E-state index in [4.69, 9.17) is 4.74 Å². The summed E-state index contributed by atoms with van der Waals surface area (Å²) >= 11 is 0. The Labute approximate surface area is 149 Å². The predicted octanol–water partition coefficient (Wildman–Crippen LogP) is 1.08. The quantitative estimate of drug-likeness (QED) is 0.726. The molecule has 1 aliphatic heterocycles. The first-order chi connectivity index (χ1) is 10.8. The molecule has 0 bridgehead atoms. The molecule has 2 rings (SSSR count). The lowest BCUT2D eigenvalue weighted by molar-refractivity contribution is -0.124. The zero-order valence-electron chi connectivity index (χ0n) is 14.0. The Kier molecular flexibility index (Phi) is 7.51. The fraction of sp³-hybridized carbons (Fsp3) is 0.562. The molecule has 1 aliphatic rings. The molecule has 0 aromatic heterocycles. The molecule has 1 heterocycles. The lowest BCUT2D eigenvalue weighted by atomic mass is 9.96. The number of amides is 1. The zero-order chi connectivity index (χ0) is 16.9. The summed E-state index contributed by atoms with van der Waals surface area (Å²) in [5, 5.41) is 5.81. The van der Waals surface area contributed by atoms with Crippen molar-refractivity contribution in [1.29, 1.82) is 0 Å². The Morgan fingerprint density at radius 3 is 2.58 bits per heavy atom. The highest BCUT2D eigenvalue weighted by atomic mass is 35.5. The number of aryl methyl sites for hydroxylation is 1. The number of carbonyl (C=O) groups is 1. The molecule has 0 spiro atoms. The van der Waals surface area contributed by atoms with Gasteiger partial charge in [-0.1, -0.05) is 12.1 Å². The fourth-order valence-electron chi connectivity index (χ4n) is 2.80. The highest BCUT2D eigenvalue weighted by Crippen LogP contribution is 2.27. The van der Waals surface area contributed by atoms with Crippen molar-refractivity contribution in [2.45, 2.75) is 24.5 Å². The van der Waals surface area contributed by atoms with E-state index < -0.39 is 20.5 Å². The third-order valence-corrected chi connectivity index (χ3v) is 6.19. The molecule has 1 aromatic rings. The van der Waals surface area contributed by atoms with E-state index in [1.54, 1.807) is 0 Å². The second-order valence-electron chi connectivity index (χ2n) is 5.94. The van der Waals surface area contributed by atoms with Gasteiger partial charge in [0.25, 0.3) is 0 Å². The number of sulfone groups is 1. The Morgan fingerprint density at radius 2 is 2.00 bits per heavy atom. The van der Waals surface area contributed by atoms with Gasteiger partial charge in [0.05, 0.1) is 6.54 Å². The molecule has 1 aromatic carbocycles. The molecule has 1 fully saturated rings. The molecule has 1 saturated heterocycles. The minimum Gasteiger partial charge on any atom is -0.492 e. The van der Waals surface area contributed by atoms with E-state index in [0.29, 0.717) is 32.5 Å². The van der Waals surface area contributed by atoms with Gasteiger partial charge in [0.2, 0.25) is 5.91 Å². The topological polar surface area (TPSA) is 84.5 Å². The van der Waals surface area contributed by atoms with Crippen molar-refractivity contribution in [3.05, 3.63) is 29.8 Å². The summed E-state index contributed by atoms with van der Waals surface area (Å²) in [4.78, 5) is 12.5. The molecule has 136 valence electrons. The Hall–Kier alpha value is -1.31. The van der Waals surface area contributed by atoms with Crippen molar-refractivity contribution in [1.82, 2.24) is 10.6 Å². The maximum Gasteiger partial charge on any atom is 0.241 e. The molecule has 1 amide bonds. The molecule has 0 unspecified atom stereocenters. The molecular formula is C16H25ClN2O4S. The predicted molar refractivity (Wildman–Crippen MR) is 96.6 cm³/mol. The van der Waals surface area contributed by atoms with Crippen molar-refractivity contribution >= 4 is 28.2 Å². The maximum atomic E-state index is 12.5. The van der Waals surface area contributed by atoms with Crippen LogP contribution >= 0.6 is 12.4 Å². The van der Waals surface area contributed by atoms with Crippen molar-refractivity contribution in [2.24, 2.45) is 0 Å². The largest absolute Gasteiger partial charge is 0.492 e. The summed E-state index contributed by atoms with van der Waals surface area (Å²) in [7, 11) is -3.47. The molecular weight excluding hydrogens is 352 g/mol. The maximum absolute atomic E-state index is 12.5. The van der Waals surface area contributed by atoms with Gasteiger partial charge in [-0.2, -0.15) is 0 Å². The van der Waals surface area contributed by atoms with E-state index in [0.717, 1.165) is 17.6 Å². The Morgan fingerprint density at radius 1 is 1.33 bits per heavy atom. The van der Waals surface area contributed by atoms with Crippen LogP contribution in [0.25, 0.3) is 0 Å². The number of nitrogens with one attached hydrogen (secondary N) is 2. The lowest BCUT2D eigenvalue weighted by Crippen LogP contribution is -2.57. The lowest BCUT2D eigenvalue weighted by Gasteiger charge is -2.34. The second-order valence-corrected chi connectivity index (χ2v) is 8.26. The molecule has 0 atom stereocenters. The SMILES string of the molecule is Cc1cccc(OCCNC(=O)C2(S(C)(=O)=O)CCNCC2)c1.Cl. The highest BCUT2D eigenvalue weighted by Gasteiger charge is 2.48. The summed E-state index contributed by atoms with van der Waals surface area (Å²) in [5.41, 5.74) is 1.09. The smallest absolute Gasteiger partial charge is 0.241 e. The van der Waals surface area contributed by atoms with Gasteiger partial charge in [-0.05, 0) is 50.6 Å². The number of hydrogen-bond donors (Lipinski definition) is 2. The van der Waals surface area contributed by atoms with Crippen molar-refractivity contribution < 1.29 is 17.9 Å². The van der Waals surface area contributed by atoms with E-state index in [2.05, 4.69) is 10.6 Å². The van der Waals surface area contributed by atoms with Crippen LogP contribution in [0.15, 0.2) is 24.3 Å². The molecule has 6 nitrogen and oxygen atoms in total. The average molecular weight is 377 g/mol. The van der Waals surface area contributed by atoms with Crippen LogP contribution in [-0.2, 0) is 14.6 Å². The summed E-state index contributed by atoms with van der Waals surface area (Å²) in [5.74, 6) is 0.313. The summed E-state index contributed by atoms with van der Waals surface area (Å²) < 4.78 is 28.5. The number of halogens is 1. The summed E-state index contributed by atoms with van der Waals surface area (Å²) in [6.45, 7) is 3.60. The van der Waals surface area contributed by atoms with E-state index in [1.807, 2.05) is 31.2 Å². The van der Waals surface area contributed by atoms with Gasteiger partial charge >= 0.3 is 0 Å². The minimum atomic E-state index is -3.47. The van der Waals surface area contributed by atoms with E-state index in [9.17, 15) is 13.2 Å². The standard InChI is InChI=1S/C16H24N2O4S.ClH/c1-13-4-3-5-14(12-13)22-11-10-18-15(19)16(23(2,20)21)6-8-17-9-7-16;/h3-5,12,17H,6-11H2,1-2H3,(H,18,19);1H. The van der Waals surface area contributed by atoms with Crippen LogP contribution in [0.4, 0.5) is 0 Å². The first-order valence-electron chi connectivity index (χ1n) is 7.73. The Balaban J connectivity index is 0.00000288. The summed E-state index contributed by atoms with van der Waals surface area (Å²) in [6, 6.07) is 7.63. The summed E-state index contributed by atoms with van der Waals surface area (Å²) in [6.07, 6.45) is 1.74. The average Bonchev–Trinajstić information content (AvgIpc) is 2.51. The number of ether oxygens (including phenoxy) is 1. The second kappa shape index (κ2) is 8.69. The van der Waals surface area contributed by atoms with Gasteiger partial charge in [-0.3, -0.25) is 4.79 Å². The van der Waals surface area contributed by atoms with Crippen LogP contribution in [0.1, 0.15) is 18.4 Å². The Bertz CT molecular complexity index is 658. The van der Waals surface area contributed by atoms with Crippen LogP contribution in [0.5, 0.6) is 5.75 Å². The van der Waals surface area contributed by atoms with Gasteiger partial charge in [0.15, 0.2) is 14.6 Å². The van der Waals surface area contributed by atoms with Crippen LogP contribution in [-0.4, -0.2) is 51.6 Å². The third-order valence-electron chi connectivity index (χ3n) is 4.18. The number of piperidine rings is 1.